The Balaban J connectivity index is 1.55. The molecule has 148 valence electrons. The largest absolute Gasteiger partial charge is 0.344 e. The van der Waals surface area contributed by atoms with E-state index >= 15 is 0 Å². The summed E-state index contributed by atoms with van der Waals surface area (Å²) >= 11 is 0. The number of anilines is 1. The highest BCUT2D eigenvalue weighted by molar-refractivity contribution is 7.89. The number of rotatable bonds is 5. The fraction of sp³-hybridized carbons (Fsp3) is 0.300. The van der Waals surface area contributed by atoms with E-state index in [1.54, 1.807) is 36.4 Å². The van der Waals surface area contributed by atoms with Crippen molar-refractivity contribution in [3.8, 4) is 0 Å². The van der Waals surface area contributed by atoms with E-state index < -0.39 is 21.8 Å². The topological polar surface area (TPSA) is 95.6 Å². The number of carbonyl (C=O) groups is 2. The van der Waals surface area contributed by atoms with Crippen LogP contribution in [0.15, 0.2) is 59.5 Å². The molecule has 2 N–H and O–H groups in total. The Morgan fingerprint density at radius 1 is 0.857 bits per heavy atom. The zero-order valence-corrected chi connectivity index (χ0v) is 16.2. The summed E-state index contributed by atoms with van der Waals surface area (Å²) in [5, 5.41) is 5.04. The summed E-state index contributed by atoms with van der Waals surface area (Å²) < 4.78 is 26.8. The highest BCUT2D eigenvalue weighted by atomic mass is 32.2. The van der Waals surface area contributed by atoms with Gasteiger partial charge >= 0.3 is 11.8 Å². The minimum atomic E-state index is -3.48. The van der Waals surface area contributed by atoms with Gasteiger partial charge < -0.3 is 10.6 Å². The van der Waals surface area contributed by atoms with Gasteiger partial charge in [-0.1, -0.05) is 36.8 Å². The lowest BCUT2D eigenvalue weighted by Crippen LogP contribution is -2.35. The van der Waals surface area contributed by atoms with Gasteiger partial charge in [0.15, 0.2) is 0 Å². The third-order valence-corrected chi connectivity index (χ3v) is 6.48. The average Bonchev–Trinajstić information content (AvgIpc) is 2.73. The predicted molar refractivity (Wildman–Crippen MR) is 106 cm³/mol. The first kappa shape index (κ1) is 20.0. The van der Waals surface area contributed by atoms with Gasteiger partial charge in [-0.2, -0.15) is 4.31 Å². The third kappa shape index (κ3) is 4.96. The van der Waals surface area contributed by atoms with Gasteiger partial charge in [0.25, 0.3) is 0 Å². The molecule has 1 fully saturated rings. The molecular weight excluding hydrogens is 378 g/mol. The average molecular weight is 401 g/mol. The van der Waals surface area contributed by atoms with Crippen molar-refractivity contribution < 1.29 is 18.0 Å². The number of carbonyl (C=O) groups excluding carboxylic acids is 2. The second-order valence-corrected chi connectivity index (χ2v) is 8.55. The number of sulfonamides is 1. The van der Waals surface area contributed by atoms with Crippen molar-refractivity contribution in [3.05, 3.63) is 60.2 Å². The van der Waals surface area contributed by atoms with Gasteiger partial charge in [0.05, 0.1) is 4.90 Å². The molecule has 0 spiro atoms. The molecule has 0 aromatic heterocycles. The van der Waals surface area contributed by atoms with E-state index in [9.17, 15) is 18.0 Å². The lowest BCUT2D eigenvalue weighted by atomic mass is 10.2. The van der Waals surface area contributed by atoms with Crippen LogP contribution in [0.4, 0.5) is 5.69 Å². The molecule has 0 saturated carbocycles. The Labute approximate surface area is 164 Å². The first-order valence-corrected chi connectivity index (χ1v) is 10.6. The summed E-state index contributed by atoms with van der Waals surface area (Å²) in [6.07, 6.45) is 2.82. The molecule has 28 heavy (non-hydrogen) atoms. The van der Waals surface area contributed by atoms with Crippen molar-refractivity contribution in [3.63, 3.8) is 0 Å². The second-order valence-electron chi connectivity index (χ2n) is 6.61. The van der Waals surface area contributed by atoms with E-state index in [0.29, 0.717) is 24.3 Å². The van der Waals surface area contributed by atoms with Crippen molar-refractivity contribution in [2.24, 2.45) is 0 Å². The van der Waals surface area contributed by atoms with Crippen LogP contribution in [0.3, 0.4) is 0 Å². The van der Waals surface area contributed by atoms with Gasteiger partial charge in [-0.15, -0.1) is 0 Å². The van der Waals surface area contributed by atoms with Crippen LogP contribution in [-0.4, -0.2) is 37.6 Å². The standard InChI is InChI=1S/C20H23N3O4S/c24-19(20(25)22-17-7-3-1-4-8-17)21-15-16-9-11-18(12-10-16)28(26,27)23-13-5-2-6-14-23/h1,3-4,7-12H,2,5-6,13-15H2,(H,21,24)(H,22,25). The highest BCUT2D eigenvalue weighted by Gasteiger charge is 2.25. The Morgan fingerprint density at radius 3 is 2.14 bits per heavy atom. The van der Waals surface area contributed by atoms with E-state index in [0.717, 1.165) is 19.3 Å². The van der Waals surface area contributed by atoms with Crippen LogP contribution in [0, 0.1) is 0 Å². The summed E-state index contributed by atoms with van der Waals surface area (Å²) in [4.78, 5) is 24.1. The van der Waals surface area contributed by atoms with Crippen molar-refractivity contribution in [2.45, 2.75) is 30.7 Å². The summed E-state index contributed by atoms with van der Waals surface area (Å²) in [5.41, 5.74) is 1.24. The molecule has 2 aromatic carbocycles. The molecule has 0 bridgehead atoms. The van der Waals surface area contributed by atoms with Crippen LogP contribution < -0.4 is 10.6 Å². The molecule has 3 rings (SSSR count). The molecule has 0 radical (unpaired) electrons. The maximum absolute atomic E-state index is 12.6. The van der Waals surface area contributed by atoms with Crippen LogP contribution in [0.2, 0.25) is 0 Å². The molecule has 2 amide bonds. The van der Waals surface area contributed by atoms with E-state index in [4.69, 9.17) is 0 Å². The lowest BCUT2D eigenvalue weighted by Gasteiger charge is -2.25. The number of piperidine rings is 1. The van der Waals surface area contributed by atoms with Crippen LogP contribution in [0.1, 0.15) is 24.8 Å². The molecule has 2 aromatic rings. The van der Waals surface area contributed by atoms with Crippen LogP contribution in [0.5, 0.6) is 0 Å². The summed E-state index contributed by atoms with van der Waals surface area (Å²) in [6, 6.07) is 15.1. The Bertz CT molecular complexity index is 922. The van der Waals surface area contributed by atoms with E-state index in [2.05, 4.69) is 10.6 Å². The van der Waals surface area contributed by atoms with Gasteiger partial charge in [0.1, 0.15) is 0 Å². The summed E-state index contributed by atoms with van der Waals surface area (Å²) in [7, 11) is -3.48. The fourth-order valence-corrected chi connectivity index (χ4v) is 4.52. The smallest absolute Gasteiger partial charge is 0.313 e. The fourth-order valence-electron chi connectivity index (χ4n) is 3.01. The Kier molecular flexibility index (Phi) is 6.43. The van der Waals surface area contributed by atoms with Crippen molar-refractivity contribution in [1.29, 1.82) is 0 Å². The highest BCUT2D eigenvalue weighted by Crippen LogP contribution is 2.20. The number of hydrogen-bond donors (Lipinski definition) is 2. The molecule has 8 heteroatoms. The number of nitrogens with one attached hydrogen (secondary N) is 2. The van der Waals surface area contributed by atoms with Crippen molar-refractivity contribution in [2.75, 3.05) is 18.4 Å². The molecule has 1 saturated heterocycles. The number of nitrogens with zero attached hydrogens (tertiary/aromatic N) is 1. The van der Waals surface area contributed by atoms with Crippen LogP contribution >= 0.6 is 0 Å². The molecule has 1 aliphatic rings. The number of hydrogen-bond acceptors (Lipinski definition) is 4. The normalized spacial score (nSPS) is 15.0. The molecule has 1 aliphatic heterocycles. The zero-order chi connectivity index (χ0) is 20.0. The molecular formula is C20H23N3O4S. The minimum absolute atomic E-state index is 0.130. The minimum Gasteiger partial charge on any atom is -0.344 e. The Morgan fingerprint density at radius 2 is 1.50 bits per heavy atom. The molecule has 0 unspecified atom stereocenters. The number of para-hydroxylation sites is 1. The number of amides is 2. The molecule has 0 atom stereocenters. The summed E-state index contributed by atoms with van der Waals surface area (Å²) in [6.45, 7) is 1.23. The first-order chi connectivity index (χ1) is 13.5. The SMILES string of the molecule is O=C(NCc1ccc(S(=O)(=O)N2CCCCC2)cc1)C(=O)Nc1ccccc1. The van der Waals surface area contributed by atoms with Crippen LogP contribution in [0.25, 0.3) is 0 Å². The van der Waals surface area contributed by atoms with Gasteiger partial charge in [0.2, 0.25) is 10.0 Å². The van der Waals surface area contributed by atoms with Crippen LogP contribution in [-0.2, 0) is 26.2 Å². The van der Waals surface area contributed by atoms with Crippen molar-refractivity contribution >= 4 is 27.5 Å². The van der Waals surface area contributed by atoms with E-state index in [-0.39, 0.29) is 11.4 Å². The molecule has 0 aliphatic carbocycles. The van der Waals surface area contributed by atoms with Gasteiger partial charge in [-0.25, -0.2) is 8.42 Å². The quantitative estimate of drug-likeness (QED) is 0.750. The maximum Gasteiger partial charge on any atom is 0.313 e. The maximum atomic E-state index is 12.6. The van der Waals surface area contributed by atoms with Gasteiger partial charge in [-0.3, -0.25) is 9.59 Å². The lowest BCUT2D eigenvalue weighted by molar-refractivity contribution is -0.136. The van der Waals surface area contributed by atoms with Crippen molar-refractivity contribution in [1.82, 2.24) is 9.62 Å². The van der Waals surface area contributed by atoms with Gasteiger partial charge in [-0.05, 0) is 42.7 Å². The van der Waals surface area contributed by atoms with E-state index in [1.165, 1.54) is 16.4 Å². The zero-order valence-electron chi connectivity index (χ0n) is 15.4. The second kappa shape index (κ2) is 8.99. The first-order valence-electron chi connectivity index (χ1n) is 9.20. The number of benzene rings is 2. The van der Waals surface area contributed by atoms with E-state index in [1.807, 2.05) is 6.07 Å². The molecule has 1 heterocycles. The van der Waals surface area contributed by atoms with Gasteiger partial charge in [0, 0.05) is 25.3 Å². The monoisotopic (exact) mass is 401 g/mol. The third-order valence-electron chi connectivity index (χ3n) is 4.57. The predicted octanol–water partition coefficient (Wildman–Crippen LogP) is 2.12. The molecule has 7 nitrogen and oxygen atoms in total. The Hall–Kier alpha value is -2.71. The summed E-state index contributed by atoms with van der Waals surface area (Å²) in [5.74, 6) is -1.51.